The lowest BCUT2D eigenvalue weighted by atomic mass is 10.1. The molecule has 3 N–H and O–H groups in total. The van der Waals surface area contributed by atoms with E-state index in [-0.39, 0.29) is 24.0 Å². The zero-order valence-electron chi connectivity index (χ0n) is 9.71. The molecule has 0 saturated carbocycles. The van der Waals surface area contributed by atoms with Gasteiger partial charge in [0.05, 0.1) is 5.69 Å². The first-order chi connectivity index (χ1) is 8.36. The Morgan fingerprint density at radius 3 is 2.78 bits per heavy atom. The van der Waals surface area contributed by atoms with Crippen LogP contribution in [-0.4, -0.2) is 22.0 Å². The number of amides is 1. The van der Waals surface area contributed by atoms with Crippen molar-refractivity contribution in [3.05, 3.63) is 17.2 Å². The van der Waals surface area contributed by atoms with Crippen LogP contribution in [0.2, 0.25) is 0 Å². The largest absolute Gasteiger partial charge is 0.449 e. The van der Waals surface area contributed by atoms with Crippen molar-refractivity contribution in [1.82, 2.24) is 14.9 Å². The van der Waals surface area contributed by atoms with Gasteiger partial charge in [-0.1, -0.05) is 6.92 Å². The summed E-state index contributed by atoms with van der Waals surface area (Å²) in [5, 5.41) is 2.97. The Kier molecular flexibility index (Phi) is 3.05. The number of fused-ring (bicyclic) bond motifs is 1. The summed E-state index contributed by atoms with van der Waals surface area (Å²) in [7, 11) is 0. The van der Waals surface area contributed by atoms with Crippen molar-refractivity contribution in [2.45, 2.75) is 32.1 Å². The highest BCUT2D eigenvalue weighted by Crippen LogP contribution is 2.34. The Hall–Kier alpha value is -1.57. The molecular weight excluding hydrogens is 249 g/mol. The van der Waals surface area contributed by atoms with E-state index < -0.39 is 17.9 Å². The number of nitrogens with two attached hydrogens (primary N) is 1. The molecule has 0 aliphatic carbocycles. The number of hydrogen-bond acceptors (Lipinski definition) is 3. The SMILES string of the molecule is CCC1CNCc2c(C(N)=O)nc(C(F)(F)F)n21. The lowest BCUT2D eigenvalue weighted by molar-refractivity contribution is -0.148. The normalized spacial score (nSPS) is 19.7. The van der Waals surface area contributed by atoms with Crippen molar-refractivity contribution < 1.29 is 18.0 Å². The van der Waals surface area contributed by atoms with E-state index >= 15 is 0 Å². The molecule has 8 heteroatoms. The van der Waals surface area contributed by atoms with Crippen LogP contribution in [-0.2, 0) is 12.7 Å². The number of nitrogens with zero attached hydrogens (tertiary/aromatic N) is 2. The number of rotatable bonds is 2. The van der Waals surface area contributed by atoms with Gasteiger partial charge in [-0.05, 0) is 6.42 Å². The average molecular weight is 262 g/mol. The molecule has 1 aliphatic heterocycles. The van der Waals surface area contributed by atoms with E-state index in [9.17, 15) is 18.0 Å². The molecule has 1 aromatic heterocycles. The van der Waals surface area contributed by atoms with Crippen LogP contribution in [0.1, 0.15) is 41.4 Å². The van der Waals surface area contributed by atoms with E-state index in [4.69, 9.17) is 5.73 Å². The molecule has 2 rings (SSSR count). The number of imidazole rings is 1. The van der Waals surface area contributed by atoms with Crippen molar-refractivity contribution in [2.24, 2.45) is 5.73 Å². The molecular formula is C10H13F3N4O. The summed E-state index contributed by atoms with van der Waals surface area (Å²) in [4.78, 5) is 14.5. The lowest BCUT2D eigenvalue weighted by Gasteiger charge is -2.27. The van der Waals surface area contributed by atoms with Gasteiger partial charge in [-0.3, -0.25) is 4.79 Å². The first-order valence-corrected chi connectivity index (χ1v) is 5.55. The van der Waals surface area contributed by atoms with Crippen molar-refractivity contribution >= 4 is 5.91 Å². The Balaban J connectivity index is 2.65. The second kappa shape index (κ2) is 4.27. The van der Waals surface area contributed by atoms with Crippen LogP contribution in [0.3, 0.4) is 0 Å². The maximum atomic E-state index is 12.9. The number of carbonyl (C=O) groups is 1. The number of hydrogen-bond donors (Lipinski definition) is 2. The van der Waals surface area contributed by atoms with Gasteiger partial charge in [-0.2, -0.15) is 13.2 Å². The number of carbonyl (C=O) groups excluding carboxylic acids is 1. The fraction of sp³-hybridized carbons (Fsp3) is 0.600. The highest BCUT2D eigenvalue weighted by Gasteiger charge is 2.42. The smallest absolute Gasteiger partial charge is 0.364 e. The molecule has 0 spiro atoms. The number of aromatic nitrogens is 2. The third kappa shape index (κ3) is 1.96. The second-order valence-electron chi connectivity index (χ2n) is 4.16. The summed E-state index contributed by atoms with van der Waals surface area (Å²) in [6, 6.07) is -0.369. The fourth-order valence-electron chi connectivity index (χ4n) is 2.20. The standard InChI is InChI=1S/C10H13F3N4O/c1-2-5-3-15-4-6-7(8(14)18)16-9(17(5)6)10(11,12)13/h5,15H,2-4H2,1H3,(H2,14,18). The van der Waals surface area contributed by atoms with E-state index in [0.717, 1.165) is 4.57 Å². The van der Waals surface area contributed by atoms with E-state index in [0.29, 0.717) is 13.0 Å². The first-order valence-electron chi connectivity index (χ1n) is 5.55. The molecule has 1 amide bonds. The summed E-state index contributed by atoms with van der Waals surface area (Å²) in [6.07, 6.45) is -4.08. The van der Waals surface area contributed by atoms with Crippen molar-refractivity contribution in [2.75, 3.05) is 6.54 Å². The predicted octanol–water partition coefficient (Wildman–Crippen LogP) is 1.06. The van der Waals surface area contributed by atoms with Crippen LogP contribution in [0.5, 0.6) is 0 Å². The van der Waals surface area contributed by atoms with Gasteiger partial charge >= 0.3 is 6.18 Å². The van der Waals surface area contributed by atoms with Crippen LogP contribution in [0.15, 0.2) is 0 Å². The highest BCUT2D eigenvalue weighted by molar-refractivity contribution is 5.92. The van der Waals surface area contributed by atoms with Gasteiger partial charge in [0.25, 0.3) is 5.91 Å². The van der Waals surface area contributed by atoms with Crippen LogP contribution in [0, 0.1) is 0 Å². The number of primary amides is 1. The van der Waals surface area contributed by atoms with Gasteiger partial charge in [-0.25, -0.2) is 4.98 Å². The summed E-state index contributed by atoms with van der Waals surface area (Å²) < 4.78 is 39.8. The Morgan fingerprint density at radius 1 is 1.61 bits per heavy atom. The summed E-state index contributed by atoms with van der Waals surface area (Å²) in [5.74, 6) is -1.98. The van der Waals surface area contributed by atoms with Crippen LogP contribution in [0.4, 0.5) is 13.2 Å². The zero-order valence-corrected chi connectivity index (χ0v) is 9.71. The van der Waals surface area contributed by atoms with Gasteiger partial charge < -0.3 is 15.6 Å². The molecule has 0 radical (unpaired) electrons. The topological polar surface area (TPSA) is 72.9 Å². The molecule has 5 nitrogen and oxygen atoms in total. The van der Waals surface area contributed by atoms with E-state index in [1.807, 2.05) is 0 Å². The molecule has 0 bridgehead atoms. The van der Waals surface area contributed by atoms with Crippen LogP contribution < -0.4 is 11.1 Å². The first kappa shape index (κ1) is 12.9. The van der Waals surface area contributed by atoms with Gasteiger partial charge in [0.15, 0.2) is 5.69 Å². The Labute approximate surface area is 101 Å². The Bertz CT molecular complexity index is 480. The van der Waals surface area contributed by atoms with Gasteiger partial charge in [-0.15, -0.1) is 0 Å². The van der Waals surface area contributed by atoms with E-state index in [1.54, 1.807) is 6.92 Å². The maximum absolute atomic E-state index is 12.9. The molecule has 1 atom stereocenters. The minimum Gasteiger partial charge on any atom is -0.364 e. The van der Waals surface area contributed by atoms with Crippen molar-refractivity contribution in [3.8, 4) is 0 Å². The summed E-state index contributed by atoms with van der Waals surface area (Å²) >= 11 is 0. The minimum absolute atomic E-state index is 0.165. The minimum atomic E-state index is -4.59. The van der Waals surface area contributed by atoms with Crippen molar-refractivity contribution in [3.63, 3.8) is 0 Å². The fourth-order valence-corrected chi connectivity index (χ4v) is 2.20. The number of alkyl halides is 3. The molecule has 0 aromatic carbocycles. The summed E-state index contributed by atoms with van der Waals surface area (Å²) in [6.45, 7) is 2.37. The van der Waals surface area contributed by atoms with Crippen LogP contribution in [0.25, 0.3) is 0 Å². The Morgan fingerprint density at radius 2 is 2.28 bits per heavy atom. The van der Waals surface area contributed by atoms with Crippen LogP contribution >= 0.6 is 0 Å². The van der Waals surface area contributed by atoms with E-state index in [1.165, 1.54) is 0 Å². The van der Waals surface area contributed by atoms with Gasteiger partial charge in [0, 0.05) is 19.1 Å². The molecule has 0 saturated heterocycles. The predicted molar refractivity (Wildman–Crippen MR) is 56.8 cm³/mol. The quantitative estimate of drug-likeness (QED) is 0.836. The lowest BCUT2D eigenvalue weighted by Crippen LogP contribution is -2.35. The third-order valence-corrected chi connectivity index (χ3v) is 3.01. The van der Waals surface area contributed by atoms with Crippen molar-refractivity contribution in [1.29, 1.82) is 0 Å². The monoisotopic (exact) mass is 262 g/mol. The highest BCUT2D eigenvalue weighted by atomic mass is 19.4. The maximum Gasteiger partial charge on any atom is 0.449 e. The molecule has 2 heterocycles. The molecule has 0 fully saturated rings. The molecule has 1 aliphatic rings. The van der Waals surface area contributed by atoms with Gasteiger partial charge in [0.2, 0.25) is 5.82 Å². The number of nitrogens with one attached hydrogen (secondary N) is 1. The third-order valence-electron chi connectivity index (χ3n) is 3.01. The van der Waals surface area contributed by atoms with E-state index in [2.05, 4.69) is 10.3 Å². The summed E-state index contributed by atoms with van der Waals surface area (Å²) in [5.41, 5.74) is 4.99. The number of halogens is 3. The average Bonchev–Trinajstić information content (AvgIpc) is 2.67. The molecule has 18 heavy (non-hydrogen) atoms. The van der Waals surface area contributed by atoms with Gasteiger partial charge in [0.1, 0.15) is 0 Å². The molecule has 100 valence electrons. The second-order valence-corrected chi connectivity index (χ2v) is 4.16. The molecule has 1 aromatic rings. The zero-order chi connectivity index (χ0) is 13.5. The molecule has 1 unspecified atom stereocenters.